The summed E-state index contributed by atoms with van der Waals surface area (Å²) >= 11 is 0. The molecule has 12 heavy (non-hydrogen) atoms. The molecule has 0 aromatic heterocycles. The molecule has 1 heteroatoms. The summed E-state index contributed by atoms with van der Waals surface area (Å²) in [6.45, 7) is 6.49. The first-order valence-electron chi connectivity index (χ1n) is 4.83. The minimum atomic E-state index is 0.323. The van der Waals surface area contributed by atoms with E-state index in [4.69, 9.17) is 0 Å². The first-order valence-corrected chi connectivity index (χ1v) is 4.83. The number of carbonyl (C=O) groups is 1. The molecule has 1 rings (SSSR count). The number of carbonyl (C=O) groups excluding carboxylic acids is 1. The summed E-state index contributed by atoms with van der Waals surface area (Å²) < 4.78 is 0. The number of hydrogen-bond acceptors (Lipinski definition) is 1. The first kappa shape index (κ1) is 9.50. The van der Waals surface area contributed by atoms with Crippen LogP contribution in [-0.2, 0) is 4.79 Å². The predicted octanol–water partition coefficient (Wildman–Crippen LogP) is 2.96. The Balaban J connectivity index is 2.69. The van der Waals surface area contributed by atoms with E-state index < -0.39 is 0 Å². The van der Waals surface area contributed by atoms with Gasteiger partial charge in [0.25, 0.3) is 0 Å². The second-order valence-corrected chi connectivity index (χ2v) is 4.19. The van der Waals surface area contributed by atoms with E-state index in [1.165, 1.54) is 12.0 Å². The molecular formula is C11H18O. The maximum atomic E-state index is 11.3. The van der Waals surface area contributed by atoms with E-state index in [0.29, 0.717) is 17.6 Å². The zero-order valence-corrected chi connectivity index (χ0v) is 8.26. The summed E-state index contributed by atoms with van der Waals surface area (Å²) in [5.74, 6) is 1.44. The highest BCUT2D eigenvalue weighted by Gasteiger charge is 2.15. The van der Waals surface area contributed by atoms with Gasteiger partial charge in [0.15, 0.2) is 5.78 Å². The number of ketones is 1. The van der Waals surface area contributed by atoms with Crippen LogP contribution in [0, 0.1) is 11.8 Å². The Morgan fingerprint density at radius 3 is 2.75 bits per heavy atom. The molecule has 0 heterocycles. The SMILES string of the molecule is CC1CCC(C(C)C)=CC(=O)C1. The Morgan fingerprint density at radius 2 is 2.17 bits per heavy atom. The van der Waals surface area contributed by atoms with Gasteiger partial charge < -0.3 is 0 Å². The van der Waals surface area contributed by atoms with Crippen molar-refractivity contribution in [1.82, 2.24) is 0 Å². The molecule has 1 aliphatic rings. The van der Waals surface area contributed by atoms with Gasteiger partial charge >= 0.3 is 0 Å². The number of allylic oxidation sites excluding steroid dienone is 2. The lowest BCUT2D eigenvalue weighted by molar-refractivity contribution is -0.115. The molecule has 0 spiro atoms. The molecule has 0 fully saturated rings. The molecule has 0 aromatic carbocycles. The molecule has 0 saturated heterocycles. The topological polar surface area (TPSA) is 17.1 Å². The highest BCUT2D eigenvalue weighted by molar-refractivity contribution is 5.90. The van der Waals surface area contributed by atoms with Gasteiger partial charge in [0.1, 0.15) is 0 Å². The van der Waals surface area contributed by atoms with Gasteiger partial charge in [-0.25, -0.2) is 0 Å². The van der Waals surface area contributed by atoms with E-state index in [-0.39, 0.29) is 0 Å². The fourth-order valence-electron chi connectivity index (χ4n) is 1.65. The molecule has 0 radical (unpaired) electrons. The summed E-state index contributed by atoms with van der Waals surface area (Å²) in [5.41, 5.74) is 1.34. The predicted molar refractivity (Wildman–Crippen MR) is 50.9 cm³/mol. The van der Waals surface area contributed by atoms with Crippen LogP contribution in [0.2, 0.25) is 0 Å². The molecule has 0 N–H and O–H groups in total. The van der Waals surface area contributed by atoms with Crippen molar-refractivity contribution in [3.8, 4) is 0 Å². The van der Waals surface area contributed by atoms with Gasteiger partial charge in [0.05, 0.1) is 0 Å². The summed E-state index contributed by atoms with van der Waals surface area (Å²) in [7, 11) is 0. The molecule has 0 aromatic rings. The molecule has 0 bridgehead atoms. The van der Waals surface area contributed by atoms with Gasteiger partial charge in [-0.05, 0) is 30.8 Å². The Kier molecular flexibility index (Phi) is 3.07. The van der Waals surface area contributed by atoms with Crippen LogP contribution in [-0.4, -0.2) is 5.78 Å². The van der Waals surface area contributed by atoms with Crippen molar-refractivity contribution in [2.75, 3.05) is 0 Å². The lowest BCUT2D eigenvalue weighted by atomic mass is 9.96. The standard InChI is InChI=1S/C11H18O/c1-8(2)10-5-4-9(3)6-11(12)7-10/h7-9H,4-6H2,1-3H3. The second kappa shape index (κ2) is 3.88. The Hall–Kier alpha value is -0.590. The van der Waals surface area contributed by atoms with Crippen LogP contribution >= 0.6 is 0 Å². The maximum Gasteiger partial charge on any atom is 0.155 e. The fraction of sp³-hybridized carbons (Fsp3) is 0.727. The quantitative estimate of drug-likeness (QED) is 0.585. The van der Waals surface area contributed by atoms with E-state index in [1.54, 1.807) is 0 Å². The molecule has 1 atom stereocenters. The Morgan fingerprint density at radius 1 is 1.50 bits per heavy atom. The minimum Gasteiger partial charge on any atom is -0.295 e. The molecule has 68 valence electrons. The van der Waals surface area contributed by atoms with Crippen LogP contribution in [0.15, 0.2) is 11.6 Å². The smallest absolute Gasteiger partial charge is 0.155 e. The number of rotatable bonds is 1. The Labute approximate surface area is 74.9 Å². The second-order valence-electron chi connectivity index (χ2n) is 4.19. The summed E-state index contributed by atoms with van der Waals surface area (Å²) in [6.07, 6.45) is 4.91. The van der Waals surface area contributed by atoms with Crippen molar-refractivity contribution >= 4 is 5.78 Å². The molecule has 1 nitrogen and oxygen atoms in total. The van der Waals surface area contributed by atoms with Crippen LogP contribution < -0.4 is 0 Å². The molecule has 0 amide bonds. The third-order valence-electron chi connectivity index (χ3n) is 2.56. The lowest BCUT2D eigenvalue weighted by Crippen LogP contribution is -1.99. The molecular weight excluding hydrogens is 148 g/mol. The van der Waals surface area contributed by atoms with Crippen LogP contribution in [0.4, 0.5) is 0 Å². The van der Waals surface area contributed by atoms with Crippen molar-refractivity contribution in [1.29, 1.82) is 0 Å². The van der Waals surface area contributed by atoms with E-state index >= 15 is 0 Å². The van der Waals surface area contributed by atoms with Gasteiger partial charge in [0.2, 0.25) is 0 Å². The molecule has 0 aliphatic heterocycles. The normalized spacial score (nSPS) is 25.5. The van der Waals surface area contributed by atoms with Crippen molar-refractivity contribution in [2.24, 2.45) is 11.8 Å². The zero-order chi connectivity index (χ0) is 9.14. The molecule has 1 aliphatic carbocycles. The van der Waals surface area contributed by atoms with E-state index in [0.717, 1.165) is 12.8 Å². The van der Waals surface area contributed by atoms with Crippen molar-refractivity contribution in [2.45, 2.75) is 40.0 Å². The van der Waals surface area contributed by atoms with E-state index in [9.17, 15) is 4.79 Å². The van der Waals surface area contributed by atoms with E-state index in [1.807, 2.05) is 6.08 Å². The van der Waals surface area contributed by atoms with Gasteiger partial charge in [-0.15, -0.1) is 0 Å². The molecule has 1 unspecified atom stereocenters. The minimum absolute atomic E-state index is 0.323. The van der Waals surface area contributed by atoms with Gasteiger partial charge in [-0.1, -0.05) is 26.3 Å². The summed E-state index contributed by atoms with van der Waals surface area (Å²) in [6, 6.07) is 0. The number of hydrogen-bond donors (Lipinski definition) is 0. The average molecular weight is 166 g/mol. The largest absolute Gasteiger partial charge is 0.295 e. The van der Waals surface area contributed by atoms with E-state index in [2.05, 4.69) is 20.8 Å². The molecule has 0 saturated carbocycles. The van der Waals surface area contributed by atoms with Crippen LogP contribution in [0.3, 0.4) is 0 Å². The summed E-state index contributed by atoms with van der Waals surface area (Å²) in [4.78, 5) is 11.3. The third-order valence-corrected chi connectivity index (χ3v) is 2.56. The third kappa shape index (κ3) is 2.47. The van der Waals surface area contributed by atoms with Crippen LogP contribution in [0.1, 0.15) is 40.0 Å². The zero-order valence-electron chi connectivity index (χ0n) is 8.26. The summed E-state index contributed by atoms with van der Waals surface area (Å²) in [5, 5.41) is 0. The Bertz CT molecular complexity index is 201. The highest BCUT2D eigenvalue weighted by Crippen LogP contribution is 2.24. The van der Waals surface area contributed by atoms with Gasteiger partial charge in [-0.2, -0.15) is 0 Å². The van der Waals surface area contributed by atoms with Crippen molar-refractivity contribution in [3.63, 3.8) is 0 Å². The average Bonchev–Trinajstić information content (AvgIpc) is 2.11. The van der Waals surface area contributed by atoms with Crippen LogP contribution in [0.25, 0.3) is 0 Å². The van der Waals surface area contributed by atoms with Crippen LogP contribution in [0.5, 0.6) is 0 Å². The van der Waals surface area contributed by atoms with Crippen molar-refractivity contribution < 1.29 is 4.79 Å². The van der Waals surface area contributed by atoms with Crippen molar-refractivity contribution in [3.05, 3.63) is 11.6 Å². The monoisotopic (exact) mass is 166 g/mol. The fourth-order valence-corrected chi connectivity index (χ4v) is 1.65. The van der Waals surface area contributed by atoms with Gasteiger partial charge in [0, 0.05) is 6.42 Å². The highest BCUT2D eigenvalue weighted by atomic mass is 16.1. The maximum absolute atomic E-state index is 11.3. The first-order chi connectivity index (χ1) is 5.59. The van der Waals surface area contributed by atoms with Gasteiger partial charge in [-0.3, -0.25) is 4.79 Å². The lowest BCUT2D eigenvalue weighted by Gasteiger charge is -2.09.